The van der Waals surface area contributed by atoms with Gasteiger partial charge in [-0.25, -0.2) is 9.67 Å². The lowest BCUT2D eigenvalue weighted by atomic mass is 10.2. The van der Waals surface area contributed by atoms with Gasteiger partial charge in [0.25, 0.3) is 0 Å². The average molecular weight is 325 g/mol. The highest BCUT2D eigenvalue weighted by atomic mass is 79.9. The van der Waals surface area contributed by atoms with Crippen molar-refractivity contribution in [2.75, 3.05) is 6.54 Å². The van der Waals surface area contributed by atoms with Crippen LogP contribution in [0.5, 0.6) is 11.8 Å². The van der Waals surface area contributed by atoms with Gasteiger partial charge in [0.1, 0.15) is 0 Å². The molecule has 0 bridgehead atoms. The molecular formula is C13H17BrN4O. The van der Waals surface area contributed by atoms with E-state index in [0.29, 0.717) is 11.8 Å². The molecule has 0 aliphatic rings. The number of hydrogen-bond donors (Lipinski definition) is 1. The van der Waals surface area contributed by atoms with Crippen molar-refractivity contribution in [3.05, 3.63) is 34.1 Å². The van der Waals surface area contributed by atoms with Crippen LogP contribution in [0.1, 0.15) is 18.2 Å². The average Bonchev–Trinajstić information content (AvgIpc) is 2.68. The van der Waals surface area contributed by atoms with E-state index in [-0.39, 0.29) is 0 Å². The highest BCUT2D eigenvalue weighted by molar-refractivity contribution is 9.10. The molecule has 1 N–H and O–H groups in total. The van der Waals surface area contributed by atoms with Crippen LogP contribution >= 0.6 is 15.9 Å². The van der Waals surface area contributed by atoms with Crippen molar-refractivity contribution in [1.82, 2.24) is 20.1 Å². The summed E-state index contributed by atoms with van der Waals surface area (Å²) in [6.07, 6.45) is 1.73. The van der Waals surface area contributed by atoms with Gasteiger partial charge in [0.05, 0.1) is 5.69 Å². The first-order chi connectivity index (χ1) is 9.10. The van der Waals surface area contributed by atoms with Crippen LogP contribution in [0.25, 0.3) is 0 Å². The van der Waals surface area contributed by atoms with Crippen LogP contribution in [0.2, 0.25) is 0 Å². The Bertz CT molecular complexity index is 568. The fourth-order valence-corrected chi connectivity index (χ4v) is 2.11. The summed E-state index contributed by atoms with van der Waals surface area (Å²) in [5.41, 5.74) is 1.93. The molecule has 6 heteroatoms. The quantitative estimate of drug-likeness (QED) is 0.918. The summed E-state index contributed by atoms with van der Waals surface area (Å²) in [6.45, 7) is 5.61. The minimum Gasteiger partial charge on any atom is -0.421 e. The van der Waals surface area contributed by atoms with Crippen molar-refractivity contribution < 1.29 is 4.74 Å². The molecule has 0 aliphatic carbocycles. The Balaban J connectivity index is 2.26. The molecule has 0 saturated carbocycles. The van der Waals surface area contributed by atoms with Crippen LogP contribution in [0.15, 0.2) is 22.8 Å². The summed E-state index contributed by atoms with van der Waals surface area (Å²) in [5.74, 6) is 1.29. The molecule has 0 aliphatic heterocycles. The zero-order chi connectivity index (χ0) is 13.8. The number of ether oxygens (including phenoxy) is 1. The minimum absolute atomic E-state index is 0.604. The molecule has 2 rings (SSSR count). The second kappa shape index (κ2) is 6.16. The van der Waals surface area contributed by atoms with E-state index in [4.69, 9.17) is 4.74 Å². The van der Waals surface area contributed by atoms with Gasteiger partial charge in [0.15, 0.2) is 0 Å². The third-order valence-corrected chi connectivity index (χ3v) is 3.05. The lowest BCUT2D eigenvalue weighted by Crippen LogP contribution is -2.13. The predicted molar refractivity (Wildman–Crippen MR) is 77.3 cm³/mol. The fourth-order valence-electron chi connectivity index (χ4n) is 1.73. The van der Waals surface area contributed by atoms with Crippen molar-refractivity contribution in [2.24, 2.45) is 7.05 Å². The van der Waals surface area contributed by atoms with Gasteiger partial charge >= 0.3 is 0 Å². The monoisotopic (exact) mass is 324 g/mol. The molecule has 102 valence electrons. The maximum absolute atomic E-state index is 5.84. The number of aromatic nitrogens is 3. The molecule has 0 radical (unpaired) electrons. The molecular weight excluding hydrogens is 308 g/mol. The molecule has 5 nitrogen and oxygen atoms in total. The molecule has 0 fully saturated rings. The summed E-state index contributed by atoms with van der Waals surface area (Å²) >= 11 is 3.43. The number of nitrogens with zero attached hydrogens (tertiary/aromatic N) is 3. The van der Waals surface area contributed by atoms with Gasteiger partial charge in [-0.1, -0.05) is 6.92 Å². The Labute approximate surface area is 121 Å². The van der Waals surface area contributed by atoms with Gasteiger partial charge in [0, 0.05) is 35.9 Å². The first kappa shape index (κ1) is 14.0. The fraction of sp³-hybridized carbons (Fsp3) is 0.385. The molecule has 0 atom stereocenters. The van der Waals surface area contributed by atoms with Crippen molar-refractivity contribution in [3.8, 4) is 11.8 Å². The number of halogens is 1. The highest BCUT2D eigenvalue weighted by Crippen LogP contribution is 2.25. The summed E-state index contributed by atoms with van der Waals surface area (Å²) in [7, 11) is 1.85. The largest absolute Gasteiger partial charge is 0.421 e. The number of hydrogen-bond acceptors (Lipinski definition) is 4. The Morgan fingerprint density at radius 3 is 2.84 bits per heavy atom. The first-order valence-electron chi connectivity index (χ1n) is 6.13. The van der Waals surface area contributed by atoms with Crippen LogP contribution < -0.4 is 10.1 Å². The number of nitrogens with one attached hydrogen (secondary N) is 1. The number of aryl methyl sites for hydroxylation is 2. The van der Waals surface area contributed by atoms with Gasteiger partial charge in [-0.3, -0.25) is 0 Å². The molecule has 19 heavy (non-hydrogen) atoms. The molecule has 0 amide bonds. The van der Waals surface area contributed by atoms with Crippen LogP contribution in [0.3, 0.4) is 0 Å². The zero-order valence-corrected chi connectivity index (χ0v) is 12.9. The zero-order valence-electron chi connectivity index (χ0n) is 11.3. The summed E-state index contributed by atoms with van der Waals surface area (Å²) < 4.78 is 8.48. The minimum atomic E-state index is 0.604. The van der Waals surface area contributed by atoms with Gasteiger partial charge in [-0.2, -0.15) is 5.10 Å². The normalized spacial score (nSPS) is 10.7. The molecule has 0 unspecified atom stereocenters. The van der Waals surface area contributed by atoms with Crippen molar-refractivity contribution in [2.45, 2.75) is 20.4 Å². The Hall–Kier alpha value is -1.40. The van der Waals surface area contributed by atoms with Gasteiger partial charge in [-0.05, 0) is 35.5 Å². The second-order valence-electron chi connectivity index (χ2n) is 4.25. The lowest BCUT2D eigenvalue weighted by molar-refractivity contribution is 0.408. The van der Waals surface area contributed by atoms with Gasteiger partial charge in [0.2, 0.25) is 11.8 Å². The van der Waals surface area contributed by atoms with Crippen molar-refractivity contribution >= 4 is 15.9 Å². The van der Waals surface area contributed by atoms with Crippen LogP contribution in [-0.4, -0.2) is 21.3 Å². The molecule has 2 aromatic rings. The standard InChI is InChI=1S/C13H17BrN4O/c1-4-15-7-10-6-11(14)8-16-13(10)19-12-5-9(2)17-18(12)3/h5-6,8,15H,4,7H2,1-3H3. The first-order valence-corrected chi connectivity index (χ1v) is 6.93. The maximum atomic E-state index is 5.84. The highest BCUT2D eigenvalue weighted by Gasteiger charge is 2.10. The summed E-state index contributed by atoms with van der Waals surface area (Å²) in [5, 5.41) is 7.53. The van der Waals surface area contributed by atoms with Gasteiger partial charge < -0.3 is 10.1 Å². The van der Waals surface area contributed by atoms with E-state index in [1.165, 1.54) is 0 Å². The van der Waals surface area contributed by atoms with E-state index in [9.17, 15) is 0 Å². The molecule has 0 saturated heterocycles. The summed E-state index contributed by atoms with van der Waals surface area (Å²) in [6, 6.07) is 3.90. The second-order valence-corrected chi connectivity index (χ2v) is 5.16. The van der Waals surface area contributed by atoms with Gasteiger partial charge in [-0.15, -0.1) is 0 Å². The third kappa shape index (κ3) is 3.54. The van der Waals surface area contributed by atoms with Crippen LogP contribution in [0, 0.1) is 6.92 Å². The maximum Gasteiger partial charge on any atom is 0.225 e. The van der Waals surface area contributed by atoms with Crippen molar-refractivity contribution in [1.29, 1.82) is 0 Å². The van der Waals surface area contributed by atoms with Crippen molar-refractivity contribution in [3.63, 3.8) is 0 Å². The Morgan fingerprint density at radius 1 is 1.42 bits per heavy atom. The van der Waals surface area contributed by atoms with E-state index >= 15 is 0 Å². The van der Waals surface area contributed by atoms with E-state index in [1.807, 2.05) is 26.1 Å². The third-order valence-electron chi connectivity index (χ3n) is 2.62. The van der Waals surface area contributed by atoms with Crippen LogP contribution in [0.4, 0.5) is 0 Å². The molecule has 0 spiro atoms. The predicted octanol–water partition coefficient (Wildman–Crippen LogP) is 2.79. The molecule has 0 aromatic carbocycles. The van der Waals surface area contributed by atoms with E-state index < -0.39 is 0 Å². The number of rotatable bonds is 5. The Morgan fingerprint density at radius 2 is 2.21 bits per heavy atom. The number of pyridine rings is 1. The van der Waals surface area contributed by atoms with E-state index in [1.54, 1.807) is 10.9 Å². The summed E-state index contributed by atoms with van der Waals surface area (Å²) in [4.78, 5) is 4.33. The lowest BCUT2D eigenvalue weighted by Gasteiger charge is -2.10. The Kier molecular flexibility index (Phi) is 4.55. The smallest absolute Gasteiger partial charge is 0.225 e. The molecule has 2 aromatic heterocycles. The molecule has 2 heterocycles. The SMILES string of the molecule is CCNCc1cc(Br)cnc1Oc1cc(C)nn1C. The van der Waals surface area contributed by atoms with Crippen LogP contribution in [-0.2, 0) is 13.6 Å². The van der Waals surface area contributed by atoms with E-state index in [0.717, 1.165) is 28.8 Å². The topological polar surface area (TPSA) is 52.0 Å². The van der Waals surface area contributed by atoms with E-state index in [2.05, 4.69) is 38.3 Å².